The molecule has 0 fully saturated rings. The predicted octanol–water partition coefficient (Wildman–Crippen LogP) is 2.69. The first-order chi connectivity index (χ1) is 13.8. The number of carbonyl (C=O) groups is 1. The van der Waals surface area contributed by atoms with E-state index in [1.807, 2.05) is 0 Å². The quantitative estimate of drug-likeness (QED) is 0.587. The summed E-state index contributed by atoms with van der Waals surface area (Å²) in [7, 11) is 0.447. The fourth-order valence-electron chi connectivity index (χ4n) is 2.69. The molecule has 0 amide bonds. The van der Waals surface area contributed by atoms with Crippen molar-refractivity contribution < 1.29 is 32.2 Å². The van der Waals surface area contributed by atoms with E-state index in [4.69, 9.17) is 18.9 Å². The zero-order valence-electron chi connectivity index (χ0n) is 16.8. The van der Waals surface area contributed by atoms with E-state index >= 15 is 0 Å². The van der Waals surface area contributed by atoms with Gasteiger partial charge in [-0.2, -0.15) is 0 Å². The van der Waals surface area contributed by atoms with Crippen LogP contribution in [-0.4, -0.2) is 42.3 Å². The first kappa shape index (κ1) is 22.5. The molecule has 2 rings (SSSR count). The lowest BCUT2D eigenvalue weighted by Gasteiger charge is -2.19. The van der Waals surface area contributed by atoms with Crippen molar-refractivity contribution in [3.8, 4) is 17.2 Å². The normalized spacial score (nSPS) is 12.1. The minimum absolute atomic E-state index is 0.0162. The van der Waals surface area contributed by atoms with Crippen molar-refractivity contribution in [1.82, 2.24) is 4.72 Å². The molecule has 0 aromatic heterocycles. The molecule has 0 saturated heterocycles. The summed E-state index contributed by atoms with van der Waals surface area (Å²) in [5, 5.41) is 0. The van der Waals surface area contributed by atoms with Gasteiger partial charge in [-0.15, -0.1) is 0 Å². The van der Waals surface area contributed by atoms with Gasteiger partial charge < -0.3 is 18.9 Å². The van der Waals surface area contributed by atoms with E-state index in [0.717, 1.165) is 0 Å². The van der Waals surface area contributed by atoms with E-state index in [0.29, 0.717) is 17.1 Å². The number of benzene rings is 2. The maximum absolute atomic E-state index is 13.0. The van der Waals surface area contributed by atoms with E-state index in [1.165, 1.54) is 39.5 Å². The lowest BCUT2D eigenvalue weighted by atomic mass is 10.0. The average Bonchev–Trinajstić information content (AvgIpc) is 2.72. The maximum atomic E-state index is 13.0. The van der Waals surface area contributed by atoms with Crippen LogP contribution in [0.25, 0.3) is 0 Å². The molecule has 2 aromatic carbocycles. The summed E-state index contributed by atoms with van der Waals surface area (Å²) in [5.41, 5.74) is 0.600. The number of nitrogens with one attached hydrogen (secondary N) is 1. The van der Waals surface area contributed by atoms with Crippen LogP contribution in [0.3, 0.4) is 0 Å². The van der Waals surface area contributed by atoms with Gasteiger partial charge >= 0.3 is 5.97 Å². The number of carbonyl (C=O) groups excluding carboxylic acids is 1. The van der Waals surface area contributed by atoms with E-state index in [2.05, 4.69) is 4.72 Å². The van der Waals surface area contributed by atoms with Gasteiger partial charge in [0.1, 0.15) is 5.75 Å². The highest BCUT2D eigenvalue weighted by molar-refractivity contribution is 7.89. The first-order valence-corrected chi connectivity index (χ1v) is 10.4. The average molecular weight is 423 g/mol. The predicted molar refractivity (Wildman–Crippen MR) is 107 cm³/mol. The second kappa shape index (κ2) is 10.1. The van der Waals surface area contributed by atoms with E-state index < -0.39 is 22.0 Å². The third-order valence-corrected chi connectivity index (χ3v) is 5.63. The van der Waals surface area contributed by atoms with Crippen LogP contribution in [0.5, 0.6) is 17.2 Å². The van der Waals surface area contributed by atoms with E-state index in [1.54, 1.807) is 31.2 Å². The van der Waals surface area contributed by atoms with Gasteiger partial charge in [-0.3, -0.25) is 4.79 Å². The molecule has 0 aliphatic heterocycles. The molecule has 8 nitrogen and oxygen atoms in total. The van der Waals surface area contributed by atoms with Crippen molar-refractivity contribution in [2.75, 3.05) is 27.9 Å². The van der Waals surface area contributed by atoms with Gasteiger partial charge in [0.15, 0.2) is 11.5 Å². The molecule has 0 spiro atoms. The van der Waals surface area contributed by atoms with Crippen molar-refractivity contribution >= 4 is 16.0 Å². The molecule has 0 bridgehead atoms. The summed E-state index contributed by atoms with van der Waals surface area (Å²) in [6.07, 6.45) is -0.160. The number of ether oxygens (including phenoxy) is 4. The molecule has 2 aromatic rings. The highest BCUT2D eigenvalue weighted by Gasteiger charge is 2.25. The molecular formula is C20H25NO7S. The van der Waals surface area contributed by atoms with Crippen LogP contribution in [0.1, 0.15) is 24.9 Å². The Kier molecular flexibility index (Phi) is 7.86. The van der Waals surface area contributed by atoms with Crippen molar-refractivity contribution in [3.05, 3.63) is 48.0 Å². The van der Waals surface area contributed by atoms with E-state index in [9.17, 15) is 13.2 Å². The molecule has 29 heavy (non-hydrogen) atoms. The number of rotatable bonds is 10. The third-order valence-electron chi connectivity index (χ3n) is 4.16. The van der Waals surface area contributed by atoms with Crippen molar-refractivity contribution in [2.24, 2.45) is 0 Å². The fraction of sp³-hybridized carbons (Fsp3) is 0.350. The van der Waals surface area contributed by atoms with Crippen LogP contribution in [0.2, 0.25) is 0 Å². The lowest BCUT2D eigenvalue weighted by molar-refractivity contribution is -0.143. The van der Waals surface area contributed by atoms with Crippen molar-refractivity contribution in [2.45, 2.75) is 24.3 Å². The van der Waals surface area contributed by atoms with Gasteiger partial charge in [-0.1, -0.05) is 12.1 Å². The van der Waals surface area contributed by atoms with Crippen LogP contribution >= 0.6 is 0 Å². The highest BCUT2D eigenvalue weighted by Crippen LogP contribution is 2.30. The van der Waals surface area contributed by atoms with Gasteiger partial charge in [0, 0.05) is 6.07 Å². The molecule has 0 saturated carbocycles. The standard InChI is InChI=1S/C20H25NO7S/c1-5-28-20(22)13-17(14-6-8-15(25-2)9-7-14)21-29(23,24)16-10-11-18(26-3)19(12-16)27-4/h6-12,17,21H,5,13H2,1-4H3. The van der Waals surface area contributed by atoms with Crippen LogP contribution in [0, 0.1) is 0 Å². The number of sulfonamides is 1. The SMILES string of the molecule is CCOC(=O)CC(NS(=O)(=O)c1ccc(OC)c(OC)c1)c1ccc(OC)cc1. The number of hydrogen-bond donors (Lipinski definition) is 1. The Morgan fingerprint density at radius 1 is 0.966 bits per heavy atom. The summed E-state index contributed by atoms with van der Waals surface area (Å²) in [5.74, 6) is 0.793. The molecule has 0 aliphatic rings. The molecule has 158 valence electrons. The van der Waals surface area contributed by atoms with Gasteiger partial charge in [0.05, 0.1) is 45.3 Å². The zero-order valence-corrected chi connectivity index (χ0v) is 17.6. The van der Waals surface area contributed by atoms with Crippen LogP contribution in [-0.2, 0) is 19.6 Å². The van der Waals surface area contributed by atoms with Crippen molar-refractivity contribution in [3.63, 3.8) is 0 Å². The number of hydrogen-bond acceptors (Lipinski definition) is 7. The second-order valence-electron chi connectivity index (χ2n) is 5.97. The Morgan fingerprint density at radius 3 is 2.17 bits per heavy atom. The Hall–Kier alpha value is -2.78. The van der Waals surface area contributed by atoms with Gasteiger partial charge in [-0.25, -0.2) is 13.1 Å². The van der Waals surface area contributed by atoms with Crippen LogP contribution < -0.4 is 18.9 Å². The largest absolute Gasteiger partial charge is 0.497 e. The maximum Gasteiger partial charge on any atom is 0.307 e. The number of methoxy groups -OCH3 is 3. The zero-order chi connectivity index (χ0) is 21.4. The molecule has 1 atom stereocenters. The molecule has 0 heterocycles. The topological polar surface area (TPSA) is 100 Å². The molecule has 0 aliphatic carbocycles. The fourth-order valence-corrected chi connectivity index (χ4v) is 3.93. The summed E-state index contributed by atoms with van der Waals surface area (Å²) in [6, 6.07) is 10.2. The molecular weight excluding hydrogens is 398 g/mol. The summed E-state index contributed by atoms with van der Waals surface area (Å²) < 4.78 is 48.9. The van der Waals surface area contributed by atoms with Crippen LogP contribution in [0.15, 0.2) is 47.4 Å². The van der Waals surface area contributed by atoms with Crippen molar-refractivity contribution in [1.29, 1.82) is 0 Å². The summed E-state index contributed by atoms with van der Waals surface area (Å²) in [6.45, 7) is 1.89. The summed E-state index contributed by atoms with van der Waals surface area (Å²) >= 11 is 0. The Morgan fingerprint density at radius 2 is 1.62 bits per heavy atom. The second-order valence-corrected chi connectivity index (χ2v) is 7.69. The smallest absolute Gasteiger partial charge is 0.307 e. The molecule has 9 heteroatoms. The minimum atomic E-state index is -3.97. The first-order valence-electron chi connectivity index (χ1n) is 8.88. The molecule has 1 unspecified atom stereocenters. The number of esters is 1. The lowest BCUT2D eigenvalue weighted by Crippen LogP contribution is -2.30. The van der Waals surface area contributed by atoms with Crippen LogP contribution in [0.4, 0.5) is 0 Å². The van der Waals surface area contributed by atoms with Gasteiger partial charge in [0.2, 0.25) is 10.0 Å². The highest BCUT2D eigenvalue weighted by atomic mass is 32.2. The molecule has 1 N–H and O–H groups in total. The minimum Gasteiger partial charge on any atom is -0.497 e. The van der Waals surface area contributed by atoms with Gasteiger partial charge in [-0.05, 0) is 36.8 Å². The summed E-state index contributed by atoms with van der Waals surface area (Å²) in [4.78, 5) is 12.0. The Balaban J connectivity index is 2.36. The Labute approximate surface area is 170 Å². The van der Waals surface area contributed by atoms with E-state index in [-0.39, 0.29) is 23.7 Å². The van der Waals surface area contributed by atoms with Gasteiger partial charge in [0.25, 0.3) is 0 Å². The Bertz CT molecular complexity index is 926. The monoisotopic (exact) mass is 423 g/mol. The third kappa shape index (κ3) is 5.85. The molecule has 0 radical (unpaired) electrons.